The van der Waals surface area contributed by atoms with Crippen molar-refractivity contribution in [2.45, 2.75) is 25.5 Å². The van der Waals surface area contributed by atoms with Crippen LogP contribution in [0.1, 0.15) is 18.4 Å². The maximum atomic E-state index is 9.79. The molecule has 4 nitrogen and oxygen atoms in total. The van der Waals surface area contributed by atoms with Gasteiger partial charge in [-0.15, -0.1) is 0 Å². The first-order valence-electron chi connectivity index (χ1n) is 6.45. The average Bonchev–Trinajstić information content (AvgIpc) is 3.22. The Labute approximate surface area is 122 Å². The number of methoxy groups -OCH3 is 2. The standard InChI is InChI=1S/C14H20BrNO3/c1-18-13-6-9(5-11(15)14(13)19-2)7-16-8-12(17)10-3-4-10/h5-6,10,12,16-17H,3-4,7-8H2,1-2H3. The highest BCUT2D eigenvalue weighted by atomic mass is 79.9. The van der Waals surface area contributed by atoms with Gasteiger partial charge in [-0.2, -0.15) is 0 Å². The van der Waals surface area contributed by atoms with E-state index in [0.717, 1.165) is 22.9 Å². The van der Waals surface area contributed by atoms with Gasteiger partial charge < -0.3 is 19.9 Å². The summed E-state index contributed by atoms with van der Waals surface area (Å²) in [4.78, 5) is 0. The first-order valence-corrected chi connectivity index (χ1v) is 7.24. The lowest BCUT2D eigenvalue weighted by molar-refractivity contribution is 0.148. The molecule has 1 saturated carbocycles. The smallest absolute Gasteiger partial charge is 0.174 e. The van der Waals surface area contributed by atoms with Gasteiger partial charge in [-0.3, -0.25) is 0 Å². The maximum absolute atomic E-state index is 9.79. The van der Waals surface area contributed by atoms with Crippen LogP contribution >= 0.6 is 15.9 Å². The zero-order valence-electron chi connectivity index (χ0n) is 11.3. The Bertz CT molecular complexity index is 435. The molecule has 2 rings (SSSR count). The van der Waals surface area contributed by atoms with Gasteiger partial charge in [-0.25, -0.2) is 0 Å². The van der Waals surface area contributed by atoms with E-state index in [9.17, 15) is 5.11 Å². The summed E-state index contributed by atoms with van der Waals surface area (Å²) in [6.45, 7) is 1.33. The van der Waals surface area contributed by atoms with Crippen LogP contribution in [0.3, 0.4) is 0 Å². The minimum Gasteiger partial charge on any atom is -0.493 e. The minimum absolute atomic E-state index is 0.219. The SMILES string of the molecule is COc1cc(CNCC(O)C2CC2)cc(Br)c1OC. The molecule has 0 radical (unpaired) electrons. The highest BCUT2D eigenvalue weighted by molar-refractivity contribution is 9.10. The second kappa shape index (κ2) is 6.59. The number of halogens is 1. The van der Waals surface area contributed by atoms with Crippen molar-refractivity contribution in [1.29, 1.82) is 0 Å². The van der Waals surface area contributed by atoms with E-state index in [0.29, 0.717) is 30.5 Å². The number of benzene rings is 1. The molecule has 0 amide bonds. The van der Waals surface area contributed by atoms with Crippen molar-refractivity contribution < 1.29 is 14.6 Å². The van der Waals surface area contributed by atoms with E-state index in [-0.39, 0.29) is 6.10 Å². The van der Waals surface area contributed by atoms with Crippen molar-refractivity contribution in [3.05, 3.63) is 22.2 Å². The molecule has 19 heavy (non-hydrogen) atoms. The summed E-state index contributed by atoms with van der Waals surface area (Å²) >= 11 is 3.47. The van der Waals surface area contributed by atoms with E-state index in [1.54, 1.807) is 14.2 Å². The van der Waals surface area contributed by atoms with Crippen LogP contribution in [0.4, 0.5) is 0 Å². The fraction of sp³-hybridized carbons (Fsp3) is 0.571. The Morgan fingerprint density at radius 3 is 2.68 bits per heavy atom. The average molecular weight is 330 g/mol. The second-order valence-corrected chi connectivity index (χ2v) is 5.70. The molecule has 0 saturated heterocycles. The highest BCUT2D eigenvalue weighted by Gasteiger charge is 2.29. The van der Waals surface area contributed by atoms with Crippen LogP contribution in [-0.4, -0.2) is 32.0 Å². The van der Waals surface area contributed by atoms with Crippen molar-refractivity contribution in [2.24, 2.45) is 5.92 Å². The number of nitrogens with one attached hydrogen (secondary N) is 1. The van der Waals surface area contributed by atoms with Gasteiger partial charge in [0.1, 0.15) is 0 Å². The van der Waals surface area contributed by atoms with E-state index in [2.05, 4.69) is 21.2 Å². The van der Waals surface area contributed by atoms with Gasteiger partial charge >= 0.3 is 0 Å². The number of aliphatic hydroxyl groups excluding tert-OH is 1. The second-order valence-electron chi connectivity index (χ2n) is 4.85. The summed E-state index contributed by atoms with van der Waals surface area (Å²) in [5.74, 6) is 1.91. The number of aliphatic hydroxyl groups is 1. The van der Waals surface area contributed by atoms with Gasteiger partial charge in [0.2, 0.25) is 0 Å². The molecule has 5 heteroatoms. The zero-order chi connectivity index (χ0) is 13.8. The van der Waals surface area contributed by atoms with E-state index >= 15 is 0 Å². The summed E-state index contributed by atoms with van der Waals surface area (Å²) in [6, 6.07) is 3.94. The summed E-state index contributed by atoms with van der Waals surface area (Å²) < 4.78 is 11.4. The Morgan fingerprint density at radius 2 is 2.11 bits per heavy atom. The molecule has 1 aliphatic rings. The normalized spacial score (nSPS) is 16.2. The van der Waals surface area contributed by atoms with Crippen molar-refractivity contribution >= 4 is 15.9 Å². The van der Waals surface area contributed by atoms with Crippen molar-refractivity contribution in [3.8, 4) is 11.5 Å². The lowest BCUT2D eigenvalue weighted by Gasteiger charge is -2.14. The summed E-state index contributed by atoms with van der Waals surface area (Å²) in [5, 5.41) is 13.1. The third-order valence-electron chi connectivity index (χ3n) is 3.34. The van der Waals surface area contributed by atoms with E-state index in [1.807, 2.05) is 12.1 Å². The van der Waals surface area contributed by atoms with Gasteiger partial charge in [-0.05, 0) is 52.4 Å². The van der Waals surface area contributed by atoms with Gasteiger partial charge in [0.05, 0.1) is 24.8 Å². The molecule has 0 spiro atoms. The van der Waals surface area contributed by atoms with Crippen molar-refractivity contribution in [2.75, 3.05) is 20.8 Å². The molecule has 1 atom stereocenters. The van der Waals surface area contributed by atoms with Crippen LogP contribution in [0.5, 0.6) is 11.5 Å². The fourth-order valence-electron chi connectivity index (χ4n) is 2.09. The van der Waals surface area contributed by atoms with Crippen LogP contribution < -0.4 is 14.8 Å². The Balaban J connectivity index is 1.94. The molecular formula is C14H20BrNO3. The third kappa shape index (κ3) is 3.84. The Morgan fingerprint density at radius 1 is 1.37 bits per heavy atom. The lowest BCUT2D eigenvalue weighted by atomic mass is 10.2. The molecule has 2 N–H and O–H groups in total. The number of hydrogen-bond donors (Lipinski definition) is 2. The van der Waals surface area contributed by atoms with E-state index < -0.39 is 0 Å². The molecule has 0 heterocycles. The molecule has 0 aliphatic heterocycles. The molecule has 0 aromatic heterocycles. The fourth-order valence-corrected chi connectivity index (χ4v) is 2.74. The maximum Gasteiger partial charge on any atom is 0.174 e. The largest absolute Gasteiger partial charge is 0.493 e. The minimum atomic E-state index is -0.219. The molecule has 1 aromatic rings. The Hall–Kier alpha value is -0.780. The monoisotopic (exact) mass is 329 g/mol. The molecule has 1 aliphatic carbocycles. The molecule has 1 unspecified atom stereocenters. The predicted octanol–water partition coefficient (Wildman–Crippen LogP) is 2.33. The van der Waals surface area contributed by atoms with E-state index in [4.69, 9.17) is 9.47 Å². The van der Waals surface area contributed by atoms with Gasteiger partial charge in [-0.1, -0.05) is 0 Å². The van der Waals surface area contributed by atoms with Crippen molar-refractivity contribution in [3.63, 3.8) is 0 Å². The predicted molar refractivity (Wildman–Crippen MR) is 77.7 cm³/mol. The third-order valence-corrected chi connectivity index (χ3v) is 3.93. The summed E-state index contributed by atoms with van der Waals surface area (Å²) in [7, 11) is 3.24. The van der Waals surface area contributed by atoms with Crippen LogP contribution in [0.15, 0.2) is 16.6 Å². The van der Waals surface area contributed by atoms with Crippen LogP contribution in [-0.2, 0) is 6.54 Å². The van der Waals surface area contributed by atoms with Gasteiger partial charge in [0.25, 0.3) is 0 Å². The van der Waals surface area contributed by atoms with Crippen molar-refractivity contribution in [1.82, 2.24) is 5.32 Å². The lowest BCUT2D eigenvalue weighted by Crippen LogP contribution is -2.27. The van der Waals surface area contributed by atoms with Gasteiger partial charge in [0.15, 0.2) is 11.5 Å². The number of hydrogen-bond acceptors (Lipinski definition) is 4. The molecular weight excluding hydrogens is 310 g/mol. The van der Waals surface area contributed by atoms with Crippen LogP contribution in [0.2, 0.25) is 0 Å². The molecule has 106 valence electrons. The zero-order valence-corrected chi connectivity index (χ0v) is 12.9. The Kier molecular flexibility index (Phi) is 5.07. The number of rotatable bonds is 7. The molecule has 1 fully saturated rings. The quantitative estimate of drug-likeness (QED) is 0.806. The molecule has 1 aromatic carbocycles. The first-order chi connectivity index (χ1) is 9.15. The van der Waals surface area contributed by atoms with Crippen LogP contribution in [0, 0.1) is 5.92 Å². The van der Waals surface area contributed by atoms with Gasteiger partial charge in [0, 0.05) is 13.1 Å². The highest BCUT2D eigenvalue weighted by Crippen LogP contribution is 2.36. The number of ether oxygens (including phenoxy) is 2. The van der Waals surface area contributed by atoms with Crippen LogP contribution in [0.25, 0.3) is 0 Å². The summed E-state index contributed by atoms with van der Waals surface area (Å²) in [5.41, 5.74) is 1.09. The summed E-state index contributed by atoms with van der Waals surface area (Å²) in [6.07, 6.45) is 2.10. The van der Waals surface area contributed by atoms with E-state index in [1.165, 1.54) is 0 Å². The first kappa shape index (κ1) is 14.6. The molecule has 0 bridgehead atoms. The topological polar surface area (TPSA) is 50.7 Å².